The van der Waals surface area contributed by atoms with E-state index in [1.54, 1.807) is 18.2 Å². The van der Waals surface area contributed by atoms with E-state index in [1.165, 1.54) is 17.7 Å². The Kier molecular flexibility index (Phi) is 5.61. The molecule has 0 spiro atoms. The summed E-state index contributed by atoms with van der Waals surface area (Å²) in [4.78, 5) is 8.67. The third kappa shape index (κ3) is 5.01. The third-order valence-electron chi connectivity index (χ3n) is 3.91. The molecule has 0 amide bonds. The average molecular weight is 365 g/mol. The van der Waals surface area contributed by atoms with Crippen LogP contribution in [-0.4, -0.2) is 26.1 Å². The van der Waals surface area contributed by atoms with E-state index in [-0.39, 0.29) is 5.75 Å². The van der Waals surface area contributed by atoms with Crippen molar-refractivity contribution in [1.82, 2.24) is 15.2 Å². The fraction of sp³-hybridized carbons (Fsp3) is 0.150. The summed E-state index contributed by atoms with van der Waals surface area (Å²) in [5.74, 6) is 0.327. The number of nitrogens with two attached hydrogens (primary N) is 1. The molecule has 27 heavy (non-hydrogen) atoms. The van der Waals surface area contributed by atoms with E-state index in [4.69, 9.17) is 5.73 Å². The predicted octanol–water partition coefficient (Wildman–Crippen LogP) is 3.50. The molecule has 0 saturated heterocycles. The molecule has 2 aromatic carbocycles. The van der Waals surface area contributed by atoms with Crippen molar-refractivity contribution >= 4 is 17.6 Å². The SMILES string of the molecule is CCc1cccc(N=C(N)/C=C\c2n[nH]c(Cc3ccc(O)c(F)c3)n2)c1. The van der Waals surface area contributed by atoms with Crippen LogP contribution >= 0.6 is 0 Å². The highest BCUT2D eigenvalue weighted by atomic mass is 19.1. The summed E-state index contributed by atoms with van der Waals surface area (Å²) in [7, 11) is 0. The number of aliphatic imine (C=N–C) groups is 1. The van der Waals surface area contributed by atoms with Gasteiger partial charge in [0.05, 0.1) is 5.69 Å². The molecule has 3 rings (SSSR count). The third-order valence-corrected chi connectivity index (χ3v) is 3.91. The molecule has 1 aromatic heterocycles. The fourth-order valence-corrected chi connectivity index (χ4v) is 2.51. The van der Waals surface area contributed by atoms with Gasteiger partial charge in [0.1, 0.15) is 11.7 Å². The van der Waals surface area contributed by atoms with Crippen molar-refractivity contribution in [3.05, 3.63) is 77.1 Å². The van der Waals surface area contributed by atoms with Gasteiger partial charge < -0.3 is 10.8 Å². The molecular weight excluding hydrogens is 345 g/mol. The fourth-order valence-electron chi connectivity index (χ4n) is 2.51. The van der Waals surface area contributed by atoms with Crippen molar-refractivity contribution < 1.29 is 9.50 Å². The normalized spacial score (nSPS) is 12.0. The van der Waals surface area contributed by atoms with E-state index < -0.39 is 5.82 Å². The highest BCUT2D eigenvalue weighted by molar-refractivity contribution is 5.96. The number of phenolic OH excluding ortho intramolecular Hbond substituents is 1. The Morgan fingerprint density at radius 3 is 2.89 bits per heavy atom. The molecule has 0 unspecified atom stereocenters. The molecule has 0 radical (unpaired) electrons. The molecule has 7 heteroatoms. The standard InChI is InChI=1S/C20H20FN5O/c1-2-13-4-3-5-15(10-13)23-18(22)8-9-19-24-20(26-25-19)12-14-6-7-17(27)16(21)11-14/h3-11,27H,2,12H2,1H3,(H2,22,23)(H,24,25,26)/b9-8-. The number of nitrogens with one attached hydrogen (secondary N) is 1. The minimum absolute atomic E-state index is 0.343. The van der Waals surface area contributed by atoms with E-state index in [0.29, 0.717) is 29.5 Å². The zero-order valence-electron chi connectivity index (χ0n) is 14.9. The van der Waals surface area contributed by atoms with Gasteiger partial charge in [-0.15, -0.1) is 0 Å². The van der Waals surface area contributed by atoms with Crippen LogP contribution in [0.25, 0.3) is 6.08 Å². The molecule has 0 saturated carbocycles. The topological polar surface area (TPSA) is 100 Å². The van der Waals surface area contributed by atoms with Crippen molar-refractivity contribution in [2.45, 2.75) is 19.8 Å². The lowest BCUT2D eigenvalue weighted by atomic mass is 10.1. The summed E-state index contributed by atoms with van der Waals surface area (Å²) in [6.07, 6.45) is 4.58. The first-order valence-corrected chi connectivity index (χ1v) is 8.53. The number of amidine groups is 1. The summed E-state index contributed by atoms with van der Waals surface area (Å²) in [6.45, 7) is 2.08. The van der Waals surface area contributed by atoms with E-state index >= 15 is 0 Å². The molecule has 0 aliphatic rings. The molecule has 0 aliphatic carbocycles. The minimum atomic E-state index is -0.664. The summed E-state index contributed by atoms with van der Waals surface area (Å²) in [5, 5.41) is 16.1. The Morgan fingerprint density at radius 1 is 1.26 bits per heavy atom. The van der Waals surface area contributed by atoms with Crippen LogP contribution in [0.4, 0.5) is 10.1 Å². The van der Waals surface area contributed by atoms with Crippen molar-refractivity contribution in [3.63, 3.8) is 0 Å². The van der Waals surface area contributed by atoms with Crippen LogP contribution in [-0.2, 0) is 12.8 Å². The van der Waals surface area contributed by atoms with Gasteiger partial charge in [0, 0.05) is 6.42 Å². The Hall–Kier alpha value is -3.48. The van der Waals surface area contributed by atoms with E-state index in [0.717, 1.165) is 12.1 Å². The van der Waals surface area contributed by atoms with Crippen molar-refractivity contribution in [1.29, 1.82) is 0 Å². The quantitative estimate of drug-likeness (QED) is 0.460. The van der Waals surface area contributed by atoms with Crippen LogP contribution in [0.1, 0.15) is 29.7 Å². The summed E-state index contributed by atoms with van der Waals surface area (Å²) in [5.41, 5.74) is 8.60. The smallest absolute Gasteiger partial charge is 0.174 e. The first kappa shape index (κ1) is 18.3. The van der Waals surface area contributed by atoms with Gasteiger partial charge in [-0.05, 0) is 54.0 Å². The minimum Gasteiger partial charge on any atom is -0.505 e. The van der Waals surface area contributed by atoms with E-state index in [9.17, 15) is 9.50 Å². The highest BCUT2D eigenvalue weighted by Crippen LogP contribution is 2.18. The van der Waals surface area contributed by atoms with Crippen LogP contribution in [0.2, 0.25) is 0 Å². The van der Waals surface area contributed by atoms with Crippen molar-refractivity contribution in [3.8, 4) is 5.75 Å². The maximum absolute atomic E-state index is 13.4. The Labute approximate surface area is 156 Å². The molecule has 0 aliphatic heterocycles. The number of H-pyrrole nitrogens is 1. The number of phenols is 1. The maximum Gasteiger partial charge on any atom is 0.174 e. The number of halogens is 1. The van der Waals surface area contributed by atoms with Gasteiger partial charge in [-0.3, -0.25) is 5.10 Å². The number of hydrogen-bond acceptors (Lipinski definition) is 4. The number of hydrogen-bond donors (Lipinski definition) is 3. The lowest BCUT2D eigenvalue weighted by Gasteiger charge is -1.99. The summed E-state index contributed by atoms with van der Waals surface area (Å²) in [6, 6.07) is 12.1. The van der Waals surface area contributed by atoms with Crippen LogP contribution < -0.4 is 5.73 Å². The van der Waals surface area contributed by atoms with Gasteiger partial charge in [-0.25, -0.2) is 14.4 Å². The van der Waals surface area contributed by atoms with E-state index in [2.05, 4.69) is 27.1 Å². The number of benzene rings is 2. The molecule has 6 nitrogen and oxygen atoms in total. The first-order chi connectivity index (χ1) is 13.0. The monoisotopic (exact) mass is 365 g/mol. The second-order valence-electron chi connectivity index (χ2n) is 6.00. The van der Waals surface area contributed by atoms with Gasteiger partial charge >= 0.3 is 0 Å². The van der Waals surface area contributed by atoms with Crippen molar-refractivity contribution in [2.75, 3.05) is 0 Å². The lowest BCUT2D eigenvalue weighted by molar-refractivity contribution is 0.432. The largest absolute Gasteiger partial charge is 0.505 e. The average Bonchev–Trinajstić information content (AvgIpc) is 3.10. The summed E-state index contributed by atoms with van der Waals surface area (Å²) >= 11 is 0. The van der Waals surface area contributed by atoms with E-state index in [1.807, 2.05) is 24.3 Å². The lowest BCUT2D eigenvalue weighted by Crippen LogP contribution is -2.06. The Bertz CT molecular complexity index is 994. The highest BCUT2D eigenvalue weighted by Gasteiger charge is 2.06. The maximum atomic E-state index is 13.4. The molecule has 1 heterocycles. The van der Waals surface area contributed by atoms with Gasteiger partial charge in [-0.2, -0.15) is 5.10 Å². The second kappa shape index (κ2) is 8.27. The van der Waals surface area contributed by atoms with Crippen LogP contribution in [0.15, 0.2) is 53.5 Å². The van der Waals surface area contributed by atoms with Gasteiger partial charge in [0.15, 0.2) is 17.4 Å². The zero-order chi connectivity index (χ0) is 19.2. The number of aromatic amines is 1. The van der Waals surface area contributed by atoms with Gasteiger partial charge in [0.2, 0.25) is 0 Å². The molecule has 0 fully saturated rings. The predicted molar refractivity (Wildman–Crippen MR) is 103 cm³/mol. The van der Waals surface area contributed by atoms with Crippen LogP contribution in [0, 0.1) is 5.82 Å². The number of nitrogens with zero attached hydrogens (tertiary/aromatic N) is 3. The molecule has 138 valence electrons. The number of aryl methyl sites for hydroxylation is 1. The Balaban J connectivity index is 1.67. The number of aromatic hydroxyl groups is 1. The molecule has 0 bridgehead atoms. The van der Waals surface area contributed by atoms with Crippen molar-refractivity contribution in [2.24, 2.45) is 10.7 Å². The molecule has 3 aromatic rings. The number of rotatable bonds is 6. The second-order valence-corrected chi connectivity index (χ2v) is 6.00. The van der Waals surface area contributed by atoms with Crippen LogP contribution in [0.3, 0.4) is 0 Å². The molecular formula is C20H20FN5O. The zero-order valence-corrected chi connectivity index (χ0v) is 14.9. The van der Waals surface area contributed by atoms with Gasteiger partial charge in [0.25, 0.3) is 0 Å². The molecule has 4 N–H and O–H groups in total. The Morgan fingerprint density at radius 2 is 2.11 bits per heavy atom. The first-order valence-electron chi connectivity index (χ1n) is 8.53. The number of aromatic nitrogens is 3. The molecule has 0 atom stereocenters. The summed E-state index contributed by atoms with van der Waals surface area (Å²) < 4.78 is 13.4. The van der Waals surface area contributed by atoms with Gasteiger partial charge in [-0.1, -0.05) is 25.1 Å². The van der Waals surface area contributed by atoms with Crippen LogP contribution in [0.5, 0.6) is 5.75 Å².